The van der Waals surface area contributed by atoms with Crippen LogP contribution in [0.1, 0.15) is 23.0 Å². The molecule has 0 aliphatic rings. The topological polar surface area (TPSA) is 73.6 Å². The molecule has 0 spiro atoms. The molecule has 106 valence electrons. The van der Waals surface area contributed by atoms with Gasteiger partial charge in [-0.1, -0.05) is 12.1 Å². The third kappa shape index (κ3) is 2.59. The second kappa shape index (κ2) is 5.64. The molecule has 1 aromatic heterocycles. The summed E-state index contributed by atoms with van der Waals surface area (Å²) >= 11 is 0. The smallest absolute Gasteiger partial charge is 0.343 e. The molecule has 1 aromatic carbocycles. The van der Waals surface area contributed by atoms with Gasteiger partial charge in [-0.15, -0.1) is 0 Å². The van der Waals surface area contributed by atoms with E-state index in [0.717, 1.165) is 0 Å². The number of para-hydroxylation sites is 2. The zero-order valence-corrected chi connectivity index (χ0v) is 11.6. The molecule has 1 heterocycles. The van der Waals surface area contributed by atoms with Gasteiger partial charge in [0.25, 0.3) is 0 Å². The molecule has 0 bridgehead atoms. The maximum absolute atomic E-state index is 11.3. The van der Waals surface area contributed by atoms with E-state index in [0.29, 0.717) is 23.8 Å². The van der Waals surface area contributed by atoms with Gasteiger partial charge >= 0.3 is 5.97 Å². The number of aromatic carboxylic acids is 1. The Bertz CT molecular complexity index is 634. The van der Waals surface area contributed by atoms with Gasteiger partial charge in [-0.05, 0) is 26.0 Å². The molecule has 6 heteroatoms. The van der Waals surface area contributed by atoms with Gasteiger partial charge in [-0.3, -0.25) is 0 Å². The lowest BCUT2D eigenvalue weighted by molar-refractivity contribution is 0.0693. The highest BCUT2D eigenvalue weighted by Gasteiger charge is 2.22. The van der Waals surface area contributed by atoms with Crippen molar-refractivity contribution in [3.8, 4) is 17.4 Å². The van der Waals surface area contributed by atoms with Gasteiger partial charge in [0.05, 0.1) is 12.3 Å². The SMILES string of the molecule is CCOc1ccccc1Oc1c(C(=O)O)c(C)nn1C. The molecule has 0 saturated carbocycles. The number of carboxylic acids is 1. The van der Waals surface area contributed by atoms with Crippen LogP contribution in [-0.2, 0) is 7.05 Å². The van der Waals surface area contributed by atoms with Gasteiger partial charge < -0.3 is 14.6 Å². The monoisotopic (exact) mass is 276 g/mol. The third-order valence-corrected chi connectivity index (χ3v) is 2.74. The summed E-state index contributed by atoms with van der Waals surface area (Å²) in [7, 11) is 1.64. The Kier molecular flexibility index (Phi) is 3.93. The minimum atomic E-state index is -1.07. The van der Waals surface area contributed by atoms with Gasteiger partial charge in [-0.2, -0.15) is 5.10 Å². The molecule has 0 saturated heterocycles. The number of aromatic nitrogens is 2. The fourth-order valence-corrected chi connectivity index (χ4v) is 1.91. The Morgan fingerprint density at radius 2 is 2.00 bits per heavy atom. The van der Waals surface area contributed by atoms with Crippen molar-refractivity contribution in [2.24, 2.45) is 7.05 Å². The number of carbonyl (C=O) groups is 1. The summed E-state index contributed by atoms with van der Waals surface area (Å²) in [5.41, 5.74) is 0.461. The van der Waals surface area contributed by atoms with Crippen molar-refractivity contribution in [2.45, 2.75) is 13.8 Å². The van der Waals surface area contributed by atoms with Crippen LogP contribution in [0.4, 0.5) is 0 Å². The van der Waals surface area contributed by atoms with Crippen LogP contribution in [0.3, 0.4) is 0 Å². The molecule has 0 aliphatic carbocycles. The first-order valence-electron chi connectivity index (χ1n) is 6.21. The number of carboxylic acid groups (broad SMARTS) is 1. The molecular weight excluding hydrogens is 260 g/mol. The largest absolute Gasteiger partial charge is 0.490 e. The van der Waals surface area contributed by atoms with E-state index in [2.05, 4.69) is 5.10 Å². The molecule has 0 unspecified atom stereocenters. The van der Waals surface area contributed by atoms with Gasteiger partial charge in [0.2, 0.25) is 5.88 Å². The van der Waals surface area contributed by atoms with E-state index >= 15 is 0 Å². The van der Waals surface area contributed by atoms with Crippen molar-refractivity contribution in [1.82, 2.24) is 9.78 Å². The van der Waals surface area contributed by atoms with Crippen molar-refractivity contribution in [3.05, 3.63) is 35.5 Å². The predicted octanol–water partition coefficient (Wildman–Crippen LogP) is 2.62. The van der Waals surface area contributed by atoms with Crippen molar-refractivity contribution in [2.75, 3.05) is 6.61 Å². The Morgan fingerprint density at radius 3 is 2.60 bits per heavy atom. The molecule has 6 nitrogen and oxygen atoms in total. The fourth-order valence-electron chi connectivity index (χ4n) is 1.91. The van der Waals surface area contributed by atoms with Crippen LogP contribution in [0.5, 0.6) is 17.4 Å². The first-order chi connectivity index (χ1) is 9.54. The van der Waals surface area contributed by atoms with Crippen molar-refractivity contribution in [1.29, 1.82) is 0 Å². The maximum atomic E-state index is 11.3. The molecule has 0 radical (unpaired) electrons. The number of aryl methyl sites for hydroxylation is 2. The average Bonchev–Trinajstić information content (AvgIpc) is 2.67. The first kappa shape index (κ1) is 13.9. The summed E-state index contributed by atoms with van der Waals surface area (Å²) in [5.74, 6) is 0.131. The molecule has 2 aromatic rings. The number of hydrogen-bond acceptors (Lipinski definition) is 4. The number of ether oxygens (including phenoxy) is 2. The van der Waals surface area contributed by atoms with Gasteiger partial charge in [-0.25, -0.2) is 9.48 Å². The zero-order valence-electron chi connectivity index (χ0n) is 11.6. The van der Waals surface area contributed by atoms with Crippen LogP contribution in [0.15, 0.2) is 24.3 Å². The number of benzene rings is 1. The van der Waals surface area contributed by atoms with Crippen molar-refractivity contribution >= 4 is 5.97 Å². The summed E-state index contributed by atoms with van der Waals surface area (Å²) in [6.45, 7) is 4.00. The molecule has 2 rings (SSSR count). The Labute approximate surface area is 116 Å². The number of rotatable bonds is 5. The zero-order chi connectivity index (χ0) is 14.7. The summed E-state index contributed by atoms with van der Waals surface area (Å²) < 4.78 is 12.6. The van der Waals surface area contributed by atoms with E-state index in [-0.39, 0.29) is 11.4 Å². The molecule has 0 atom stereocenters. The second-order valence-corrected chi connectivity index (χ2v) is 4.18. The van der Waals surface area contributed by atoms with Gasteiger partial charge in [0.1, 0.15) is 5.56 Å². The van der Waals surface area contributed by atoms with Crippen LogP contribution >= 0.6 is 0 Å². The average molecular weight is 276 g/mol. The van der Waals surface area contributed by atoms with Crippen LogP contribution < -0.4 is 9.47 Å². The summed E-state index contributed by atoms with van der Waals surface area (Å²) in [6.07, 6.45) is 0. The fraction of sp³-hybridized carbons (Fsp3) is 0.286. The standard InChI is InChI=1S/C14H16N2O4/c1-4-19-10-7-5-6-8-11(10)20-13-12(14(17)18)9(2)15-16(13)3/h5-8H,4H2,1-3H3,(H,17,18). The lowest BCUT2D eigenvalue weighted by Gasteiger charge is -2.11. The molecular formula is C14H16N2O4. The van der Waals surface area contributed by atoms with E-state index in [4.69, 9.17) is 9.47 Å². The minimum Gasteiger partial charge on any atom is -0.490 e. The van der Waals surface area contributed by atoms with Crippen LogP contribution in [-0.4, -0.2) is 27.5 Å². The normalized spacial score (nSPS) is 10.3. The Morgan fingerprint density at radius 1 is 1.35 bits per heavy atom. The Hall–Kier alpha value is -2.50. The van der Waals surface area contributed by atoms with E-state index in [9.17, 15) is 9.90 Å². The second-order valence-electron chi connectivity index (χ2n) is 4.18. The molecule has 1 N–H and O–H groups in total. The van der Waals surface area contributed by atoms with Crippen LogP contribution in [0.25, 0.3) is 0 Å². The predicted molar refractivity (Wildman–Crippen MR) is 72.6 cm³/mol. The molecule has 0 aliphatic heterocycles. The number of hydrogen-bond donors (Lipinski definition) is 1. The van der Waals surface area contributed by atoms with Gasteiger partial charge in [0, 0.05) is 7.05 Å². The summed E-state index contributed by atoms with van der Waals surface area (Å²) in [4.78, 5) is 11.3. The molecule has 0 fully saturated rings. The summed E-state index contributed by atoms with van der Waals surface area (Å²) in [5, 5.41) is 13.3. The lowest BCUT2D eigenvalue weighted by atomic mass is 10.2. The van der Waals surface area contributed by atoms with Crippen LogP contribution in [0, 0.1) is 6.92 Å². The van der Waals surface area contributed by atoms with E-state index in [1.54, 1.807) is 32.2 Å². The summed E-state index contributed by atoms with van der Waals surface area (Å²) in [6, 6.07) is 7.10. The van der Waals surface area contributed by atoms with E-state index in [1.165, 1.54) is 4.68 Å². The van der Waals surface area contributed by atoms with Gasteiger partial charge in [0.15, 0.2) is 11.5 Å². The minimum absolute atomic E-state index is 0.0544. The van der Waals surface area contributed by atoms with Crippen molar-refractivity contribution < 1.29 is 19.4 Å². The first-order valence-corrected chi connectivity index (χ1v) is 6.21. The van der Waals surface area contributed by atoms with Crippen LogP contribution in [0.2, 0.25) is 0 Å². The highest BCUT2D eigenvalue weighted by Crippen LogP contribution is 2.33. The van der Waals surface area contributed by atoms with E-state index < -0.39 is 5.97 Å². The number of nitrogens with zero attached hydrogens (tertiary/aromatic N) is 2. The van der Waals surface area contributed by atoms with E-state index in [1.807, 2.05) is 13.0 Å². The quantitative estimate of drug-likeness (QED) is 0.908. The maximum Gasteiger partial charge on any atom is 0.343 e. The lowest BCUT2D eigenvalue weighted by Crippen LogP contribution is -2.03. The Balaban J connectivity index is 2.43. The highest BCUT2D eigenvalue weighted by atomic mass is 16.5. The molecule has 20 heavy (non-hydrogen) atoms. The molecule has 0 amide bonds. The third-order valence-electron chi connectivity index (χ3n) is 2.74. The highest BCUT2D eigenvalue weighted by molar-refractivity contribution is 5.91. The van der Waals surface area contributed by atoms with Crippen molar-refractivity contribution in [3.63, 3.8) is 0 Å².